The van der Waals surface area contributed by atoms with Gasteiger partial charge in [-0.25, -0.2) is 0 Å². The fourth-order valence-corrected chi connectivity index (χ4v) is 2.39. The average molecular weight is 238 g/mol. The number of rotatable bonds is 4. The molecule has 1 aliphatic rings. The summed E-state index contributed by atoms with van der Waals surface area (Å²) in [6, 6.07) is 2.09. The Kier molecular flexibility index (Phi) is 4.18. The van der Waals surface area contributed by atoms with Crippen LogP contribution in [0.4, 0.5) is 0 Å². The first-order chi connectivity index (χ1) is 8.20. The smallest absolute Gasteiger partial charge is 0.0645 e. The summed E-state index contributed by atoms with van der Waals surface area (Å²) in [6.45, 7) is 3.63. The molecule has 2 rings (SSSR count). The standard InChI is InChI=1S/C13H22N2O2/c1-3-11-7-12(15(2)14-11)8-13(16)10-5-4-6-17-9-10/h7,10,13,16H,3-6,8-9H2,1-2H3. The fourth-order valence-electron chi connectivity index (χ4n) is 2.39. The molecule has 2 unspecified atom stereocenters. The Hall–Kier alpha value is -0.870. The summed E-state index contributed by atoms with van der Waals surface area (Å²) in [6.07, 6.45) is 3.44. The minimum absolute atomic E-state index is 0.281. The van der Waals surface area contributed by atoms with Crippen LogP contribution in [0.25, 0.3) is 0 Å². The van der Waals surface area contributed by atoms with Crippen molar-refractivity contribution in [2.45, 2.75) is 38.7 Å². The number of aryl methyl sites for hydroxylation is 2. The zero-order chi connectivity index (χ0) is 12.3. The number of hydrogen-bond acceptors (Lipinski definition) is 3. The molecule has 1 saturated heterocycles. The van der Waals surface area contributed by atoms with Gasteiger partial charge in [0.25, 0.3) is 0 Å². The van der Waals surface area contributed by atoms with Gasteiger partial charge in [-0.15, -0.1) is 0 Å². The van der Waals surface area contributed by atoms with E-state index >= 15 is 0 Å². The van der Waals surface area contributed by atoms with Gasteiger partial charge in [-0.3, -0.25) is 4.68 Å². The summed E-state index contributed by atoms with van der Waals surface area (Å²) in [5, 5.41) is 14.6. The summed E-state index contributed by atoms with van der Waals surface area (Å²) in [5.41, 5.74) is 2.20. The highest BCUT2D eigenvalue weighted by molar-refractivity contribution is 5.11. The predicted octanol–water partition coefficient (Wildman–Crippen LogP) is 1.31. The van der Waals surface area contributed by atoms with Gasteiger partial charge in [0.2, 0.25) is 0 Å². The first kappa shape index (κ1) is 12.6. The molecule has 17 heavy (non-hydrogen) atoms. The van der Waals surface area contributed by atoms with Crippen molar-refractivity contribution >= 4 is 0 Å². The van der Waals surface area contributed by atoms with Gasteiger partial charge in [0.15, 0.2) is 0 Å². The van der Waals surface area contributed by atoms with E-state index < -0.39 is 0 Å². The maximum absolute atomic E-state index is 10.2. The van der Waals surface area contributed by atoms with Crippen LogP contribution in [0.15, 0.2) is 6.07 Å². The van der Waals surface area contributed by atoms with E-state index in [0.717, 1.165) is 37.3 Å². The van der Waals surface area contributed by atoms with Crippen LogP contribution in [0.2, 0.25) is 0 Å². The molecule has 0 aliphatic carbocycles. The van der Waals surface area contributed by atoms with Crippen molar-refractivity contribution in [3.8, 4) is 0 Å². The van der Waals surface area contributed by atoms with E-state index in [4.69, 9.17) is 4.74 Å². The minimum Gasteiger partial charge on any atom is -0.392 e. The number of ether oxygens (including phenoxy) is 1. The van der Waals surface area contributed by atoms with Crippen LogP contribution >= 0.6 is 0 Å². The topological polar surface area (TPSA) is 47.3 Å². The molecule has 2 heterocycles. The Labute approximate surface area is 103 Å². The molecule has 1 fully saturated rings. The molecule has 0 radical (unpaired) electrons. The lowest BCUT2D eigenvalue weighted by Crippen LogP contribution is -2.31. The highest BCUT2D eigenvalue weighted by Crippen LogP contribution is 2.20. The molecule has 1 aromatic heterocycles. The van der Waals surface area contributed by atoms with Crippen molar-refractivity contribution in [3.63, 3.8) is 0 Å². The van der Waals surface area contributed by atoms with Crippen molar-refractivity contribution in [1.29, 1.82) is 0 Å². The van der Waals surface area contributed by atoms with E-state index in [2.05, 4.69) is 18.1 Å². The van der Waals surface area contributed by atoms with Gasteiger partial charge in [-0.2, -0.15) is 5.10 Å². The molecule has 1 aromatic rings. The molecule has 0 saturated carbocycles. The number of nitrogens with zero attached hydrogens (tertiary/aromatic N) is 2. The van der Waals surface area contributed by atoms with Crippen molar-refractivity contribution in [2.24, 2.45) is 13.0 Å². The van der Waals surface area contributed by atoms with Crippen LogP contribution < -0.4 is 0 Å². The van der Waals surface area contributed by atoms with Crippen molar-refractivity contribution in [2.75, 3.05) is 13.2 Å². The Morgan fingerprint density at radius 3 is 3.06 bits per heavy atom. The molecule has 1 aliphatic heterocycles. The van der Waals surface area contributed by atoms with Crippen LogP contribution in [-0.4, -0.2) is 34.2 Å². The second-order valence-electron chi connectivity index (χ2n) is 4.85. The second kappa shape index (κ2) is 5.65. The summed E-state index contributed by atoms with van der Waals surface area (Å²) in [5.74, 6) is 0.281. The molecule has 1 N–H and O–H groups in total. The molecule has 4 heteroatoms. The third-order valence-corrected chi connectivity index (χ3v) is 3.55. The second-order valence-corrected chi connectivity index (χ2v) is 4.85. The maximum atomic E-state index is 10.2. The summed E-state index contributed by atoms with van der Waals surface area (Å²) < 4.78 is 7.30. The normalized spacial score (nSPS) is 22.6. The molecule has 0 bridgehead atoms. The number of aliphatic hydroxyl groups is 1. The SMILES string of the molecule is CCc1cc(CC(O)C2CCCOC2)n(C)n1. The number of aliphatic hydroxyl groups excluding tert-OH is 1. The van der Waals surface area contributed by atoms with Gasteiger partial charge in [-0.1, -0.05) is 6.92 Å². The molecule has 4 nitrogen and oxygen atoms in total. The molecule has 0 aromatic carbocycles. The first-order valence-electron chi connectivity index (χ1n) is 6.48. The molecule has 96 valence electrons. The third kappa shape index (κ3) is 3.07. The van der Waals surface area contributed by atoms with Crippen molar-refractivity contribution < 1.29 is 9.84 Å². The van der Waals surface area contributed by atoms with Gasteiger partial charge in [-0.05, 0) is 25.3 Å². The van der Waals surface area contributed by atoms with E-state index in [-0.39, 0.29) is 12.0 Å². The van der Waals surface area contributed by atoms with Crippen molar-refractivity contribution in [3.05, 3.63) is 17.5 Å². The average Bonchev–Trinajstić information content (AvgIpc) is 2.71. The quantitative estimate of drug-likeness (QED) is 0.860. The van der Waals surface area contributed by atoms with E-state index in [1.165, 1.54) is 0 Å². The third-order valence-electron chi connectivity index (χ3n) is 3.55. The van der Waals surface area contributed by atoms with Crippen LogP contribution in [0.3, 0.4) is 0 Å². The Morgan fingerprint density at radius 2 is 2.47 bits per heavy atom. The van der Waals surface area contributed by atoms with Gasteiger partial charge in [0, 0.05) is 31.7 Å². The van der Waals surface area contributed by atoms with E-state index in [1.54, 1.807) is 0 Å². The maximum Gasteiger partial charge on any atom is 0.0645 e. The van der Waals surface area contributed by atoms with E-state index in [9.17, 15) is 5.11 Å². The molecular formula is C13H22N2O2. The van der Waals surface area contributed by atoms with Crippen LogP contribution in [-0.2, 0) is 24.6 Å². The van der Waals surface area contributed by atoms with Gasteiger partial charge >= 0.3 is 0 Å². The molecule has 0 spiro atoms. The van der Waals surface area contributed by atoms with Crippen LogP contribution in [0.5, 0.6) is 0 Å². The lowest BCUT2D eigenvalue weighted by atomic mass is 9.93. The Morgan fingerprint density at radius 1 is 1.65 bits per heavy atom. The summed E-state index contributed by atoms with van der Waals surface area (Å²) >= 11 is 0. The van der Waals surface area contributed by atoms with Crippen LogP contribution in [0, 0.1) is 5.92 Å². The number of hydrogen-bond donors (Lipinski definition) is 1. The Bertz CT molecular complexity index is 356. The Balaban J connectivity index is 1.96. The number of aromatic nitrogens is 2. The van der Waals surface area contributed by atoms with Gasteiger partial charge in [0.1, 0.15) is 0 Å². The lowest BCUT2D eigenvalue weighted by molar-refractivity contribution is -0.00906. The molecule has 0 amide bonds. The molecular weight excluding hydrogens is 216 g/mol. The summed E-state index contributed by atoms with van der Waals surface area (Å²) in [4.78, 5) is 0. The van der Waals surface area contributed by atoms with Gasteiger partial charge < -0.3 is 9.84 Å². The van der Waals surface area contributed by atoms with Crippen LogP contribution in [0.1, 0.15) is 31.2 Å². The van der Waals surface area contributed by atoms with E-state index in [1.807, 2.05) is 11.7 Å². The predicted molar refractivity (Wildman–Crippen MR) is 65.8 cm³/mol. The zero-order valence-electron chi connectivity index (χ0n) is 10.7. The monoisotopic (exact) mass is 238 g/mol. The minimum atomic E-state index is -0.310. The largest absolute Gasteiger partial charge is 0.392 e. The highest BCUT2D eigenvalue weighted by atomic mass is 16.5. The van der Waals surface area contributed by atoms with Gasteiger partial charge in [0.05, 0.1) is 18.4 Å². The van der Waals surface area contributed by atoms with E-state index in [0.29, 0.717) is 13.0 Å². The summed E-state index contributed by atoms with van der Waals surface area (Å²) in [7, 11) is 1.94. The highest BCUT2D eigenvalue weighted by Gasteiger charge is 2.23. The lowest BCUT2D eigenvalue weighted by Gasteiger charge is -2.26. The fraction of sp³-hybridized carbons (Fsp3) is 0.769. The van der Waals surface area contributed by atoms with Crippen molar-refractivity contribution in [1.82, 2.24) is 9.78 Å². The zero-order valence-corrected chi connectivity index (χ0v) is 10.7. The molecule has 2 atom stereocenters. The first-order valence-corrected chi connectivity index (χ1v) is 6.48.